The highest BCUT2D eigenvalue weighted by Gasteiger charge is 2.15. The van der Waals surface area contributed by atoms with Crippen molar-refractivity contribution in [1.29, 1.82) is 0 Å². The quantitative estimate of drug-likeness (QED) is 0.766. The van der Waals surface area contributed by atoms with Crippen molar-refractivity contribution in [3.05, 3.63) is 29.8 Å². The fourth-order valence-corrected chi connectivity index (χ4v) is 1.45. The van der Waals surface area contributed by atoms with Crippen LogP contribution in [0.4, 0.5) is 0 Å². The van der Waals surface area contributed by atoms with Gasteiger partial charge in [-0.25, -0.2) is 0 Å². The molecule has 0 spiro atoms. The summed E-state index contributed by atoms with van der Waals surface area (Å²) in [6.07, 6.45) is 0. The third kappa shape index (κ3) is 3.27. The SMILES string of the molecule is CCN(CC(N)=O)C(=O)c1ccc(S)cc1. The second-order valence-corrected chi connectivity index (χ2v) is 3.85. The molecule has 2 amide bonds. The van der Waals surface area contributed by atoms with E-state index in [1.54, 1.807) is 31.2 Å². The average Bonchev–Trinajstić information content (AvgIpc) is 2.25. The predicted octanol–water partition coefficient (Wildman–Crippen LogP) is 0.923. The largest absolute Gasteiger partial charge is 0.368 e. The lowest BCUT2D eigenvalue weighted by atomic mass is 10.2. The molecule has 0 bridgehead atoms. The van der Waals surface area contributed by atoms with Crippen LogP contribution in [0.1, 0.15) is 17.3 Å². The number of nitrogens with two attached hydrogens (primary N) is 1. The highest BCUT2D eigenvalue weighted by molar-refractivity contribution is 7.80. The molecular weight excluding hydrogens is 224 g/mol. The maximum atomic E-state index is 11.9. The zero-order chi connectivity index (χ0) is 12.1. The Morgan fingerprint density at radius 2 is 1.88 bits per heavy atom. The number of hydrogen-bond donors (Lipinski definition) is 2. The molecule has 16 heavy (non-hydrogen) atoms. The number of hydrogen-bond acceptors (Lipinski definition) is 3. The molecule has 0 atom stereocenters. The highest BCUT2D eigenvalue weighted by Crippen LogP contribution is 2.10. The minimum atomic E-state index is -0.513. The molecule has 5 heteroatoms. The summed E-state index contributed by atoms with van der Waals surface area (Å²) in [5.41, 5.74) is 5.59. The zero-order valence-electron chi connectivity index (χ0n) is 9.01. The number of primary amides is 1. The Bertz CT molecular complexity index is 389. The van der Waals surface area contributed by atoms with Crippen LogP contribution < -0.4 is 5.73 Å². The molecule has 0 aliphatic carbocycles. The Kier molecular flexibility index (Phi) is 4.37. The van der Waals surface area contributed by atoms with E-state index in [4.69, 9.17) is 5.73 Å². The third-order valence-corrected chi connectivity index (χ3v) is 2.43. The van der Waals surface area contributed by atoms with Crippen LogP contribution in [0.5, 0.6) is 0 Å². The lowest BCUT2D eigenvalue weighted by Crippen LogP contribution is -2.38. The van der Waals surface area contributed by atoms with E-state index >= 15 is 0 Å². The number of likely N-dealkylation sites (N-methyl/N-ethyl adjacent to an activating group) is 1. The molecule has 4 nitrogen and oxygen atoms in total. The normalized spacial score (nSPS) is 9.88. The fourth-order valence-electron chi connectivity index (χ4n) is 1.30. The van der Waals surface area contributed by atoms with E-state index in [0.717, 1.165) is 4.90 Å². The van der Waals surface area contributed by atoms with Crippen molar-refractivity contribution in [3.63, 3.8) is 0 Å². The lowest BCUT2D eigenvalue weighted by molar-refractivity contribution is -0.118. The number of carbonyl (C=O) groups excluding carboxylic acids is 2. The molecule has 0 aliphatic rings. The van der Waals surface area contributed by atoms with Gasteiger partial charge >= 0.3 is 0 Å². The average molecular weight is 238 g/mol. The number of thiol groups is 1. The number of rotatable bonds is 4. The van der Waals surface area contributed by atoms with E-state index in [1.807, 2.05) is 0 Å². The molecule has 0 aromatic heterocycles. The van der Waals surface area contributed by atoms with Crippen molar-refractivity contribution >= 4 is 24.4 Å². The Labute approximate surface area is 99.8 Å². The van der Waals surface area contributed by atoms with Crippen LogP contribution in [0.2, 0.25) is 0 Å². The van der Waals surface area contributed by atoms with Crippen LogP contribution in [0, 0.1) is 0 Å². The summed E-state index contributed by atoms with van der Waals surface area (Å²) in [5, 5.41) is 0. The summed E-state index contributed by atoms with van der Waals surface area (Å²) in [5.74, 6) is -0.712. The number of benzene rings is 1. The molecule has 0 saturated carbocycles. The lowest BCUT2D eigenvalue weighted by Gasteiger charge is -2.18. The van der Waals surface area contributed by atoms with Crippen LogP contribution in [0.25, 0.3) is 0 Å². The van der Waals surface area contributed by atoms with Crippen molar-refractivity contribution in [3.8, 4) is 0 Å². The third-order valence-electron chi connectivity index (χ3n) is 2.13. The van der Waals surface area contributed by atoms with Crippen molar-refractivity contribution < 1.29 is 9.59 Å². The van der Waals surface area contributed by atoms with Crippen molar-refractivity contribution in [2.45, 2.75) is 11.8 Å². The van der Waals surface area contributed by atoms with Gasteiger partial charge in [-0.1, -0.05) is 0 Å². The standard InChI is InChI=1S/C11H14N2O2S/c1-2-13(7-10(12)14)11(15)8-3-5-9(16)6-4-8/h3-6,16H,2,7H2,1H3,(H2,12,14). The molecule has 0 unspecified atom stereocenters. The van der Waals surface area contributed by atoms with Crippen molar-refractivity contribution in [2.75, 3.05) is 13.1 Å². The van der Waals surface area contributed by atoms with Crippen LogP contribution in [-0.4, -0.2) is 29.8 Å². The second kappa shape index (κ2) is 5.55. The molecular formula is C11H14N2O2S. The van der Waals surface area contributed by atoms with Gasteiger partial charge in [0.05, 0.1) is 6.54 Å². The maximum absolute atomic E-state index is 11.9. The molecule has 86 valence electrons. The zero-order valence-corrected chi connectivity index (χ0v) is 9.91. The second-order valence-electron chi connectivity index (χ2n) is 3.33. The van der Waals surface area contributed by atoms with Crippen molar-refractivity contribution in [1.82, 2.24) is 4.90 Å². The van der Waals surface area contributed by atoms with Gasteiger partial charge in [0.25, 0.3) is 5.91 Å². The Hall–Kier alpha value is -1.49. The van der Waals surface area contributed by atoms with E-state index in [0.29, 0.717) is 12.1 Å². The van der Waals surface area contributed by atoms with Crippen LogP contribution in [0.3, 0.4) is 0 Å². The molecule has 1 aromatic carbocycles. The highest BCUT2D eigenvalue weighted by atomic mass is 32.1. The first kappa shape index (κ1) is 12.6. The molecule has 0 heterocycles. The summed E-state index contributed by atoms with van der Waals surface area (Å²) in [6, 6.07) is 6.81. The maximum Gasteiger partial charge on any atom is 0.254 e. The Morgan fingerprint density at radius 3 is 2.31 bits per heavy atom. The van der Waals surface area contributed by atoms with E-state index < -0.39 is 5.91 Å². The molecule has 1 aromatic rings. The number of amides is 2. The Balaban J connectivity index is 2.82. The minimum Gasteiger partial charge on any atom is -0.368 e. The van der Waals surface area contributed by atoms with Crippen LogP contribution in [-0.2, 0) is 4.79 Å². The smallest absolute Gasteiger partial charge is 0.254 e. The number of nitrogens with zero attached hydrogens (tertiary/aromatic N) is 1. The summed E-state index contributed by atoms with van der Waals surface area (Å²) in [7, 11) is 0. The van der Waals surface area contributed by atoms with Gasteiger partial charge in [-0.3, -0.25) is 9.59 Å². The fraction of sp³-hybridized carbons (Fsp3) is 0.273. The molecule has 1 rings (SSSR count). The van der Waals surface area contributed by atoms with Gasteiger partial charge in [-0.15, -0.1) is 12.6 Å². The summed E-state index contributed by atoms with van der Waals surface area (Å²) < 4.78 is 0. The van der Waals surface area contributed by atoms with Gasteiger partial charge in [0.1, 0.15) is 0 Å². The summed E-state index contributed by atoms with van der Waals surface area (Å²) in [4.78, 5) is 24.9. The first-order chi connectivity index (χ1) is 7.54. The monoisotopic (exact) mass is 238 g/mol. The molecule has 0 radical (unpaired) electrons. The molecule has 0 aliphatic heterocycles. The first-order valence-electron chi connectivity index (χ1n) is 4.91. The van der Waals surface area contributed by atoms with Gasteiger partial charge in [0, 0.05) is 17.0 Å². The molecule has 0 fully saturated rings. The number of carbonyl (C=O) groups is 2. The van der Waals surface area contributed by atoms with Gasteiger partial charge < -0.3 is 10.6 Å². The van der Waals surface area contributed by atoms with Crippen LogP contribution >= 0.6 is 12.6 Å². The Morgan fingerprint density at radius 1 is 1.31 bits per heavy atom. The first-order valence-corrected chi connectivity index (χ1v) is 5.36. The van der Waals surface area contributed by atoms with Crippen LogP contribution in [0.15, 0.2) is 29.2 Å². The van der Waals surface area contributed by atoms with E-state index in [9.17, 15) is 9.59 Å². The van der Waals surface area contributed by atoms with Gasteiger partial charge in [0.2, 0.25) is 5.91 Å². The molecule has 0 saturated heterocycles. The summed E-state index contributed by atoms with van der Waals surface area (Å²) in [6.45, 7) is 2.19. The summed E-state index contributed by atoms with van der Waals surface area (Å²) >= 11 is 4.13. The van der Waals surface area contributed by atoms with E-state index in [2.05, 4.69) is 12.6 Å². The van der Waals surface area contributed by atoms with Gasteiger partial charge in [0.15, 0.2) is 0 Å². The van der Waals surface area contributed by atoms with E-state index in [1.165, 1.54) is 4.90 Å². The molecule has 2 N–H and O–H groups in total. The minimum absolute atomic E-state index is 0.0576. The van der Waals surface area contributed by atoms with Gasteiger partial charge in [-0.2, -0.15) is 0 Å². The van der Waals surface area contributed by atoms with Gasteiger partial charge in [-0.05, 0) is 31.2 Å². The predicted molar refractivity (Wildman–Crippen MR) is 64.5 cm³/mol. The van der Waals surface area contributed by atoms with E-state index in [-0.39, 0.29) is 12.5 Å². The topological polar surface area (TPSA) is 63.4 Å². The van der Waals surface area contributed by atoms with Crippen molar-refractivity contribution in [2.24, 2.45) is 5.73 Å².